The number of aromatic nitrogens is 1. The van der Waals surface area contributed by atoms with Gasteiger partial charge in [0, 0.05) is 16.8 Å². The van der Waals surface area contributed by atoms with Crippen LogP contribution in [0, 0.1) is 0 Å². The zero-order chi connectivity index (χ0) is 18.7. The van der Waals surface area contributed by atoms with E-state index in [2.05, 4.69) is 22.8 Å². The molecular formula is C24H14ClNO2. The first-order chi connectivity index (χ1) is 13.8. The van der Waals surface area contributed by atoms with E-state index in [0.717, 1.165) is 44.0 Å². The molecule has 0 saturated heterocycles. The van der Waals surface area contributed by atoms with Crippen LogP contribution in [0.4, 0.5) is 0 Å². The zero-order valence-electron chi connectivity index (χ0n) is 14.7. The molecule has 0 fully saturated rings. The first-order valence-electron chi connectivity index (χ1n) is 9.06. The maximum absolute atomic E-state index is 6.55. The second kappa shape index (κ2) is 5.78. The Balaban J connectivity index is 1.60. The fourth-order valence-electron chi connectivity index (χ4n) is 3.91. The van der Waals surface area contributed by atoms with Crippen molar-refractivity contribution in [1.29, 1.82) is 0 Å². The number of fused-ring (bicyclic) bond motifs is 5. The second-order valence-corrected chi connectivity index (χ2v) is 7.18. The van der Waals surface area contributed by atoms with Crippen molar-refractivity contribution < 1.29 is 9.47 Å². The number of ether oxygens (including phenoxy) is 2. The lowest BCUT2D eigenvalue weighted by Crippen LogP contribution is -2.01. The third-order valence-corrected chi connectivity index (χ3v) is 5.44. The van der Waals surface area contributed by atoms with Crippen LogP contribution in [0.3, 0.4) is 0 Å². The van der Waals surface area contributed by atoms with Gasteiger partial charge in [0.25, 0.3) is 0 Å². The molecule has 6 rings (SSSR count). The summed E-state index contributed by atoms with van der Waals surface area (Å²) in [6, 6.07) is 28.0. The third-order valence-electron chi connectivity index (χ3n) is 5.12. The van der Waals surface area contributed by atoms with E-state index in [4.69, 9.17) is 21.1 Å². The Hall–Kier alpha value is -3.43. The number of halogens is 1. The quantitative estimate of drug-likeness (QED) is 0.296. The number of hydrogen-bond donors (Lipinski definition) is 0. The van der Waals surface area contributed by atoms with Crippen molar-refractivity contribution in [3.8, 4) is 28.7 Å². The van der Waals surface area contributed by atoms with Gasteiger partial charge in [-0.3, -0.25) is 0 Å². The molecular weight excluding hydrogens is 370 g/mol. The topological polar surface area (TPSA) is 23.4 Å². The first-order valence-corrected chi connectivity index (χ1v) is 9.44. The monoisotopic (exact) mass is 383 g/mol. The minimum Gasteiger partial charge on any atom is -0.450 e. The molecule has 0 N–H and O–H groups in total. The van der Waals surface area contributed by atoms with Gasteiger partial charge in [0.05, 0.1) is 21.7 Å². The molecule has 0 radical (unpaired) electrons. The molecule has 1 aliphatic heterocycles. The molecule has 0 atom stereocenters. The second-order valence-electron chi connectivity index (χ2n) is 6.77. The Labute approximate surface area is 166 Å². The van der Waals surface area contributed by atoms with E-state index in [9.17, 15) is 0 Å². The molecule has 0 aliphatic carbocycles. The highest BCUT2D eigenvalue weighted by Crippen LogP contribution is 2.46. The summed E-state index contributed by atoms with van der Waals surface area (Å²) >= 11 is 6.55. The highest BCUT2D eigenvalue weighted by Gasteiger charge is 2.20. The lowest BCUT2D eigenvalue weighted by molar-refractivity contribution is 0.359. The SMILES string of the molecule is Clc1cccc2c1c1ccccc1n2-c1ccc2c(c1)Oc1ccccc1O2. The van der Waals surface area contributed by atoms with E-state index in [1.165, 1.54) is 0 Å². The molecule has 4 aromatic carbocycles. The molecule has 2 heterocycles. The molecule has 0 unspecified atom stereocenters. The minimum atomic E-state index is 0.698. The molecule has 28 heavy (non-hydrogen) atoms. The van der Waals surface area contributed by atoms with Gasteiger partial charge in [-0.25, -0.2) is 0 Å². The Morgan fingerprint density at radius 1 is 0.607 bits per heavy atom. The lowest BCUT2D eigenvalue weighted by atomic mass is 10.1. The smallest absolute Gasteiger partial charge is 0.172 e. The molecule has 4 heteroatoms. The van der Waals surface area contributed by atoms with Gasteiger partial charge in [-0.15, -0.1) is 0 Å². The van der Waals surface area contributed by atoms with Crippen molar-refractivity contribution in [3.05, 3.63) is 90.0 Å². The summed E-state index contributed by atoms with van der Waals surface area (Å²) in [5.74, 6) is 2.86. The van der Waals surface area contributed by atoms with Gasteiger partial charge in [0.15, 0.2) is 23.0 Å². The van der Waals surface area contributed by atoms with Gasteiger partial charge in [-0.05, 0) is 42.5 Å². The van der Waals surface area contributed by atoms with Crippen molar-refractivity contribution >= 4 is 33.4 Å². The van der Waals surface area contributed by atoms with Crippen LogP contribution in [0.15, 0.2) is 84.9 Å². The van der Waals surface area contributed by atoms with Gasteiger partial charge >= 0.3 is 0 Å². The van der Waals surface area contributed by atoms with Crippen LogP contribution in [0.25, 0.3) is 27.5 Å². The van der Waals surface area contributed by atoms with E-state index >= 15 is 0 Å². The average molecular weight is 384 g/mol. The van der Waals surface area contributed by atoms with Crippen LogP contribution in [0.5, 0.6) is 23.0 Å². The maximum Gasteiger partial charge on any atom is 0.172 e. The number of hydrogen-bond acceptors (Lipinski definition) is 2. The van der Waals surface area contributed by atoms with Crippen LogP contribution in [-0.2, 0) is 0 Å². The predicted molar refractivity (Wildman–Crippen MR) is 112 cm³/mol. The predicted octanol–water partition coefficient (Wildman–Crippen LogP) is 7.34. The van der Waals surface area contributed by atoms with Gasteiger partial charge in [0.2, 0.25) is 0 Å². The first kappa shape index (κ1) is 15.6. The molecule has 5 aromatic rings. The van der Waals surface area contributed by atoms with E-state index in [1.807, 2.05) is 66.7 Å². The largest absolute Gasteiger partial charge is 0.450 e. The van der Waals surface area contributed by atoms with Crippen molar-refractivity contribution in [1.82, 2.24) is 4.57 Å². The van der Waals surface area contributed by atoms with Crippen LogP contribution in [0.2, 0.25) is 5.02 Å². The average Bonchev–Trinajstić information content (AvgIpc) is 3.07. The Bertz CT molecular complexity index is 1390. The lowest BCUT2D eigenvalue weighted by Gasteiger charge is -2.21. The molecule has 0 saturated carbocycles. The fraction of sp³-hybridized carbons (Fsp3) is 0. The summed E-state index contributed by atoms with van der Waals surface area (Å²) in [4.78, 5) is 0. The fourth-order valence-corrected chi connectivity index (χ4v) is 4.18. The highest BCUT2D eigenvalue weighted by molar-refractivity contribution is 6.38. The van der Waals surface area contributed by atoms with E-state index in [0.29, 0.717) is 11.5 Å². The van der Waals surface area contributed by atoms with E-state index in [1.54, 1.807) is 0 Å². The van der Waals surface area contributed by atoms with Crippen molar-refractivity contribution in [2.45, 2.75) is 0 Å². The van der Waals surface area contributed by atoms with Gasteiger partial charge in [-0.1, -0.05) is 48.0 Å². The third kappa shape index (κ3) is 2.17. The summed E-state index contributed by atoms with van der Waals surface area (Å²) in [5.41, 5.74) is 3.16. The maximum atomic E-state index is 6.55. The summed E-state index contributed by atoms with van der Waals surface area (Å²) in [6.07, 6.45) is 0. The molecule has 0 bridgehead atoms. The Morgan fingerprint density at radius 3 is 2.14 bits per heavy atom. The molecule has 1 aliphatic rings. The van der Waals surface area contributed by atoms with Crippen LogP contribution in [0.1, 0.15) is 0 Å². The molecule has 1 aromatic heterocycles. The zero-order valence-corrected chi connectivity index (χ0v) is 15.5. The Kier molecular flexibility index (Phi) is 3.22. The van der Waals surface area contributed by atoms with Gasteiger partial charge < -0.3 is 14.0 Å². The van der Waals surface area contributed by atoms with Crippen LogP contribution >= 0.6 is 11.6 Å². The minimum absolute atomic E-state index is 0.698. The summed E-state index contributed by atoms with van der Waals surface area (Å²) in [7, 11) is 0. The summed E-state index contributed by atoms with van der Waals surface area (Å²) in [5, 5.41) is 2.93. The van der Waals surface area contributed by atoms with E-state index in [-0.39, 0.29) is 0 Å². The van der Waals surface area contributed by atoms with Crippen LogP contribution in [-0.4, -0.2) is 4.57 Å². The van der Waals surface area contributed by atoms with Gasteiger partial charge in [0.1, 0.15) is 0 Å². The standard InChI is InChI=1S/C24H14ClNO2/c25-17-7-5-9-19-24(17)16-6-1-2-8-18(16)26(19)15-12-13-22-23(14-15)28-21-11-4-3-10-20(21)27-22/h1-14H. The van der Waals surface area contributed by atoms with Crippen molar-refractivity contribution in [2.75, 3.05) is 0 Å². The molecule has 0 spiro atoms. The number of nitrogens with zero attached hydrogens (tertiary/aromatic N) is 1. The number of rotatable bonds is 1. The summed E-state index contributed by atoms with van der Waals surface area (Å²) in [6.45, 7) is 0. The van der Waals surface area contributed by atoms with Crippen molar-refractivity contribution in [3.63, 3.8) is 0 Å². The molecule has 3 nitrogen and oxygen atoms in total. The normalized spacial score (nSPS) is 12.3. The van der Waals surface area contributed by atoms with Crippen molar-refractivity contribution in [2.24, 2.45) is 0 Å². The Morgan fingerprint density at radius 2 is 1.29 bits per heavy atom. The molecule has 134 valence electrons. The van der Waals surface area contributed by atoms with Gasteiger partial charge in [-0.2, -0.15) is 0 Å². The molecule has 0 amide bonds. The van der Waals surface area contributed by atoms with E-state index < -0.39 is 0 Å². The van der Waals surface area contributed by atoms with Crippen LogP contribution < -0.4 is 9.47 Å². The number of benzene rings is 4. The highest BCUT2D eigenvalue weighted by atomic mass is 35.5. The number of para-hydroxylation sites is 3. The summed E-state index contributed by atoms with van der Waals surface area (Å²) < 4.78 is 14.3.